The quantitative estimate of drug-likeness (QED) is 0.196. The number of aromatic nitrogens is 3. The second kappa shape index (κ2) is 9.98. The fourth-order valence-corrected chi connectivity index (χ4v) is 7.06. The third-order valence-electron chi connectivity index (χ3n) is 8.98. The summed E-state index contributed by atoms with van der Waals surface area (Å²) in [7, 11) is 0. The number of rotatable bonds is 3. The minimum Gasteiger partial charge on any atom is -0.455 e. The van der Waals surface area contributed by atoms with Crippen molar-refractivity contribution < 1.29 is 8.83 Å². The van der Waals surface area contributed by atoms with Crippen molar-refractivity contribution in [2.75, 3.05) is 0 Å². The summed E-state index contributed by atoms with van der Waals surface area (Å²) < 4.78 is 13.0. The lowest BCUT2D eigenvalue weighted by Gasteiger charge is -2.10. The van der Waals surface area contributed by atoms with Gasteiger partial charge >= 0.3 is 0 Å². The van der Waals surface area contributed by atoms with Crippen molar-refractivity contribution in [3.8, 4) is 34.2 Å². The fraction of sp³-hybridized carbons (Fsp3) is 0. The summed E-state index contributed by atoms with van der Waals surface area (Å²) in [6, 6.07) is 44.8. The first-order chi connectivity index (χ1) is 23.2. The van der Waals surface area contributed by atoms with Crippen LogP contribution in [0.5, 0.6) is 0 Å². The molecule has 10 aromatic rings. The minimum absolute atomic E-state index is 0.506. The molecule has 0 atom stereocenters. The third kappa shape index (κ3) is 4.00. The lowest BCUT2D eigenvalue weighted by Crippen LogP contribution is -2.00. The van der Waals surface area contributed by atoms with Gasteiger partial charge in [0, 0.05) is 38.6 Å². The molecular weight excluding hydrogens is 602 g/mol. The van der Waals surface area contributed by atoms with Gasteiger partial charge in [-0.25, -0.2) is 15.0 Å². The molecule has 0 amide bonds. The van der Waals surface area contributed by atoms with Crippen molar-refractivity contribution in [1.82, 2.24) is 15.0 Å². The zero-order valence-corrected chi connectivity index (χ0v) is 25.5. The summed E-state index contributed by atoms with van der Waals surface area (Å²) in [5, 5.41) is 8.96. The lowest BCUT2D eigenvalue weighted by atomic mass is 10.0. The molecule has 5 nitrogen and oxygen atoms in total. The third-order valence-corrected chi connectivity index (χ3v) is 9.30. The van der Waals surface area contributed by atoms with E-state index in [1.165, 1.54) is 0 Å². The van der Waals surface area contributed by atoms with E-state index in [0.29, 0.717) is 33.7 Å². The molecule has 0 aliphatic heterocycles. The second-order valence-corrected chi connectivity index (χ2v) is 12.1. The Bertz CT molecular complexity index is 2890. The maximum atomic E-state index is 6.71. The Morgan fingerprint density at radius 1 is 0.426 bits per heavy atom. The van der Waals surface area contributed by atoms with Crippen molar-refractivity contribution in [2.24, 2.45) is 0 Å². The molecular formula is C41H22ClN3O2. The summed E-state index contributed by atoms with van der Waals surface area (Å²) in [4.78, 5) is 15.3. The minimum atomic E-state index is 0.506. The molecule has 0 unspecified atom stereocenters. The van der Waals surface area contributed by atoms with Crippen LogP contribution in [0.3, 0.4) is 0 Å². The van der Waals surface area contributed by atoms with Gasteiger partial charge in [0.1, 0.15) is 22.3 Å². The molecule has 220 valence electrons. The molecule has 3 heterocycles. The summed E-state index contributed by atoms with van der Waals surface area (Å²) in [6.45, 7) is 0. The normalized spacial score (nSPS) is 11.9. The van der Waals surface area contributed by atoms with Crippen molar-refractivity contribution in [3.05, 3.63) is 138 Å². The first-order valence-corrected chi connectivity index (χ1v) is 15.8. The Labute approximate surface area is 272 Å². The molecule has 0 aliphatic carbocycles. The Morgan fingerprint density at radius 3 is 1.83 bits per heavy atom. The van der Waals surface area contributed by atoms with E-state index in [1.807, 2.05) is 78.9 Å². The number of fused-ring (bicyclic) bond motifs is 9. The molecule has 7 aromatic carbocycles. The van der Waals surface area contributed by atoms with E-state index < -0.39 is 0 Å². The summed E-state index contributed by atoms with van der Waals surface area (Å²) in [6.07, 6.45) is 0. The molecule has 0 N–H and O–H groups in total. The monoisotopic (exact) mass is 623 g/mol. The molecule has 0 radical (unpaired) electrons. The Balaban J connectivity index is 1.27. The first kappa shape index (κ1) is 26.2. The van der Waals surface area contributed by atoms with Crippen LogP contribution in [-0.2, 0) is 0 Å². The number of halogens is 1. The highest BCUT2D eigenvalue weighted by Crippen LogP contribution is 2.42. The van der Waals surface area contributed by atoms with E-state index in [4.69, 9.17) is 35.4 Å². The number of furan rings is 2. The highest BCUT2D eigenvalue weighted by Gasteiger charge is 2.21. The van der Waals surface area contributed by atoms with Crippen LogP contribution in [0, 0.1) is 0 Å². The van der Waals surface area contributed by atoms with Gasteiger partial charge < -0.3 is 8.83 Å². The fourth-order valence-electron chi connectivity index (χ4n) is 6.79. The van der Waals surface area contributed by atoms with E-state index in [2.05, 4.69) is 54.6 Å². The number of nitrogens with zero attached hydrogens (tertiary/aromatic N) is 3. The smallest absolute Gasteiger partial charge is 0.167 e. The predicted molar refractivity (Wildman–Crippen MR) is 191 cm³/mol. The highest BCUT2D eigenvalue weighted by atomic mass is 35.5. The van der Waals surface area contributed by atoms with Gasteiger partial charge in [0.25, 0.3) is 0 Å². The van der Waals surface area contributed by atoms with E-state index in [0.717, 1.165) is 70.9 Å². The maximum absolute atomic E-state index is 6.71. The number of hydrogen-bond donors (Lipinski definition) is 0. The van der Waals surface area contributed by atoms with Crippen LogP contribution in [-0.4, -0.2) is 15.0 Å². The van der Waals surface area contributed by atoms with Crippen molar-refractivity contribution in [2.45, 2.75) is 0 Å². The van der Waals surface area contributed by atoms with E-state index in [1.54, 1.807) is 0 Å². The molecule has 10 rings (SSSR count). The first-order valence-electron chi connectivity index (χ1n) is 15.4. The number of benzene rings is 7. The number of hydrogen-bond acceptors (Lipinski definition) is 5. The largest absolute Gasteiger partial charge is 0.455 e. The van der Waals surface area contributed by atoms with E-state index in [9.17, 15) is 0 Å². The van der Waals surface area contributed by atoms with Crippen LogP contribution in [0.15, 0.2) is 142 Å². The van der Waals surface area contributed by atoms with Gasteiger partial charge in [-0.15, -0.1) is 0 Å². The molecule has 0 saturated carbocycles. The van der Waals surface area contributed by atoms with Crippen LogP contribution in [0.4, 0.5) is 0 Å². The van der Waals surface area contributed by atoms with Gasteiger partial charge in [0.15, 0.2) is 17.5 Å². The molecule has 0 bridgehead atoms. The Morgan fingerprint density at radius 2 is 1.02 bits per heavy atom. The van der Waals surface area contributed by atoms with Crippen LogP contribution in [0.25, 0.3) is 99.6 Å². The van der Waals surface area contributed by atoms with Gasteiger partial charge in [-0.1, -0.05) is 115 Å². The van der Waals surface area contributed by atoms with Gasteiger partial charge in [-0.2, -0.15) is 0 Å². The predicted octanol–water partition coefficient (Wildman–Crippen LogP) is 11.6. The maximum Gasteiger partial charge on any atom is 0.167 e. The van der Waals surface area contributed by atoms with Gasteiger partial charge in [0.05, 0.1) is 16.1 Å². The summed E-state index contributed by atoms with van der Waals surface area (Å²) >= 11 is 6.71. The zero-order valence-electron chi connectivity index (χ0n) is 24.7. The van der Waals surface area contributed by atoms with Gasteiger partial charge in [0.2, 0.25) is 0 Å². The van der Waals surface area contributed by atoms with Crippen molar-refractivity contribution >= 4 is 77.0 Å². The average molecular weight is 624 g/mol. The van der Waals surface area contributed by atoms with Crippen LogP contribution in [0.1, 0.15) is 0 Å². The molecule has 3 aromatic heterocycles. The highest BCUT2D eigenvalue weighted by molar-refractivity contribution is 6.38. The second-order valence-electron chi connectivity index (χ2n) is 11.7. The van der Waals surface area contributed by atoms with Crippen LogP contribution in [0.2, 0.25) is 5.02 Å². The molecule has 0 aliphatic rings. The SMILES string of the molecule is Clc1cc2oc3c(-c4nc(-c5ccc6ccccc6c5)nc(-c5cccc6c5oc5ccccc56)n4)cccc3c2c2ccccc12. The number of para-hydroxylation sites is 3. The Kier molecular flexibility index (Phi) is 5.56. The molecule has 6 heteroatoms. The average Bonchev–Trinajstić information content (AvgIpc) is 3.70. The molecule has 0 spiro atoms. The van der Waals surface area contributed by atoms with Crippen LogP contribution >= 0.6 is 11.6 Å². The lowest BCUT2D eigenvalue weighted by molar-refractivity contribution is 0.669. The van der Waals surface area contributed by atoms with Crippen molar-refractivity contribution in [1.29, 1.82) is 0 Å². The van der Waals surface area contributed by atoms with Gasteiger partial charge in [-0.3, -0.25) is 0 Å². The van der Waals surface area contributed by atoms with Crippen molar-refractivity contribution in [3.63, 3.8) is 0 Å². The topological polar surface area (TPSA) is 65.0 Å². The van der Waals surface area contributed by atoms with Gasteiger partial charge in [-0.05, 0) is 40.4 Å². The Hall–Kier alpha value is -6.04. The summed E-state index contributed by atoms with van der Waals surface area (Å²) in [5.74, 6) is 1.58. The molecule has 0 saturated heterocycles. The standard InChI is InChI=1S/C41H22ClN3O2/c42-33-22-35-36(28-13-4-3-11-26(28)33)30-15-8-17-32(38(30)47-35)41-44-39(25-20-19-23-9-1-2-10-24(23)21-25)43-40(45-41)31-16-7-14-29-27-12-5-6-18-34(27)46-37(29)31/h1-22H. The summed E-state index contributed by atoms with van der Waals surface area (Å²) in [5.41, 5.74) is 5.40. The van der Waals surface area contributed by atoms with E-state index in [-0.39, 0.29) is 0 Å². The molecule has 0 fully saturated rings. The molecule has 47 heavy (non-hydrogen) atoms. The van der Waals surface area contributed by atoms with Crippen LogP contribution < -0.4 is 0 Å². The zero-order chi connectivity index (χ0) is 31.1. The van der Waals surface area contributed by atoms with E-state index >= 15 is 0 Å².